The summed E-state index contributed by atoms with van der Waals surface area (Å²) in [6.45, 7) is 3.18. The van der Waals surface area contributed by atoms with Crippen LogP contribution < -0.4 is 0 Å². The van der Waals surface area contributed by atoms with Gasteiger partial charge in [0.15, 0.2) is 5.78 Å². The molecule has 0 bridgehead atoms. The van der Waals surface area contributed by atoms with Crippen molar-refractivity contribution in [3.05, 3.63) is 30.1 Å². The smallest absolute Gasteiger partial charge is 0.164 e. The molecule has 106 valence electrons. The maximum Gasteiger partial charge on any atom is 0.164 e. The molecule has 0 unspecified atom stereocenters. The number of imidazole rings is 1. The number of benzene rings is 1. The van der Waals surface area contributed by atoms with Crippen LogP contribution in [0.3, 0.4) is 0 Å². The van der Waals surface area contributed by atoms with E-state index in [4.69, 9.17) is 0 Å². The minimum Gasteiger partial charge on any atom is -0.345 e. The lowest BCUT2D eigenvalue weighted by atomic mass is 10.1. The third-order valence-corrected chi connectivity index (χ3v) is 4.10. The van der Waals surface area contributed by atoms with Crippen LogP contribution in [0.5, 0.6) is 0 Å². The molecular weight excluding hydrogens is 250 g/mol. The van der Waals surface area contributed by atoms with E-state index in [-0.39, 0.29) is 5.78 Å². The summed E-state index contributed by atoms with van der Waals surface area (Å²) < 4.78 is 0. The predicted molar refractivity (Wildman–Crippen MR) is 79.9 cm³/mol. The van der Waals surface area contributed by atoms with Gasteiger partial charge in [0.1, 0.15) is 0 Å². The minimum atomic E-state index is 0.228. The second-order valence-corrected chi connectivity index (χ2v) is 5.56. The van der Waals surface area contributed by atoms with E-state index in [9.17, 15) is 4.79 Å². The van der Waals surface area contributed by atoms with Gasteiger partial charge in [0.05, 0.1) is 17.4 Å². The zero-order valence-electron chi connectivity index (χ0n) is 11.8. The van der Waals surface area contributed by atoms with Crippen molar-refractivity contribution in [3.8, 4) is 0 Å². The number of ketones is 1. The van der Waals surface area contributed by atoms with Crippen molar-refractivity contribution in [2.45, 2.75) is 32.1 Å². The van der Waals surface area contributed by atoms with Crippen LogP contribution in [0.25, 0.3) is 11.0 Å². The number of fused-ring (bicyclic) bond motifs is 1. The lowest BCUT2D eigenvalue weighted by molar-refractivity contribution is 0.0965. The van der Waals surface area contributed by atoms with Gasteiger partial charge in [0.2, 0.25) is 0 Å². The summed E-state index contributed by atoms with van der Waals surface area (Å²) in [5.74, 6) is 0.228. The fourth-order valence-corrected chi connectivity index (χ4v) is 2.87. The zero-order valence-corrected chi connectivity index (χ0v) is 11.8. The van der Waals surface area contributed by atoms with Gasteiger partial charge in [-0.1, -0.05) is 12.8 Å². The number of nitrogens with zero attached hydrogens (tertiary/aromatic N) is 2. The maximum atomic E-state index is 12.3. The highest BCUT2D eigenvalue weighted by atomic mass is 16.1. The zero-order chi connectivity index (χ0) is 13.8. The summed E-state index contributed by atoms with van der Waals surface area (Å²) >= 11 is 0. The van der Waals surface area contributed by atoms with E-state index in [1.807, 2.05) is 18.2 Å². The monoisotopic (exact) mass is 271 g/mol. The molecule has 0 aliphatic carbocycles. The Labute approximate surface area is 119 Å². The van der Waals surface area contributed by atoms with Crippen molar-refractivity contribution in [3.63, 3.8) is 0 Å². The first-order valence-corrected chi connectivity index (χ1v) is 7.51. The molecule has 2 heterocycles. The standard InChI is InChI=1S/C16H21N3O/c20-16(7-10-19-8-3-1-2-4-9-19)13-5-6-14-15(11-13)18-12-17-14/h5-6,11-12H,1-4,7-10H2,(H,17,18). The summed E-state index contributed by atoms with van der Waals surface area (Å²) in [5, 5.41) is 0. The van der Waals surface area contributed by atoms with Crippen LogP contribution in [-0.4, -0.2) is 40.3 Å². The first-order valence-electron chi connectivity index (χ1n) is 7.51. The van der Waals surface area contributed by atoms with Gasteiger partial charge in [-0.15, -0.1) is 0 Å². The predicted octanol–water partition coefficient (Wildman–Crippen LogP) is 3.01. The topological polar surface area (TPSA) is 49.0 Å². The number of aromatic amines is 1. The number of hydrogen-bond acceptors (Lipinski definition) is 3. The molecule has 1 aromatic carbocycles. The molecule has 1 fully saturated rings. The Morgan fingerprint density at radius 1 is 1.20 bits per heavy atom. The normalized spacial score (nSPS) is 17.2. The third kappa shape index (κ3) is 3.07. The maximum absolute atomic E-state index is 12.3. The number of carbonyl (C=O) groups is 1. The van der Waals surface area contributed by atoms with E-state index in [0.717, 1.165) is 36.2 Å². The molecule has 4 heteroatoms. The van der Waals surface area contributed by atoms with Gasteiger partial charge in [-0.25, -0.2) is 4.98 Å². The Hall–Kier alpha value is -1.68. The largest absolute Gasteiger partial charge is 0.345 e. The molecule has 1 aliphatic rings. The molecule has 3 rings (SSSR count). The second-order valence-electron chi connectivity index (χ2n) is 5.56. The Morgan fingerprint density at radius 3 is 2.80 bits per heavy atom. The van der Waals surface area contributed by atoms with Crippen molar-refractivity contribution in [1.29, 1.82) is 0 Å². The van der Waals surface area contributed by atoms with E-state index >= 15 is 0 Å². The van der Waals surface area contributed by atoms with Gasteiger partial charge in [-0.3, -0.25) is 4.79 Å². The fourth-order valence-electron chi connectivity index (χ4n) is 2.87. The van der Waals surface area contributed by atoms with Crippen molar-refractivity contribution in [1.82, 2.24) is 14.9 Å². The molecule has 0 radical (unpaired) electrons. The molecule has 1 aromatic heterocycles. The highest BCUT2D eigenvalue weighted by Gasteiger charge is 2.12. The van der Waals surface area contributed by atoms with Gasteiger partial charge in [0, 0.05) is 18.5 Å². The molecule has 1 aliphatic heterocycles. The second kappa shape index (κ2) is 6.18. The molecule has 2 aromatic rings. The van der Waals surface area contributed by atoms with E-state index < -0.39 is 0 Å². The van der Waals surface area contributed by atoms with Crippen LogP contribution in [0.4, 0.5) is 0 Å². The first kappa shape index (κ1) is 13.3. The Morgan fingerprint density at radius 2 is 2.00 bits per heavy atom. The molecule has 1 saturated heterocycles. The minimum absolute atomic E-state index is 0.228. The van der Waals surface area contributed by atoms with Gasteiger partial charge in [-0.2, -0.15) is 0 Å². The number of likely N-dealkylation sites (tertiary alicyclic amines) is 1. The Bertz CT molecular complexity index is 582. The summed E-state index contributed by atoms with van der Waals surface area (Å²) in [6, 6.07) is 5.70. The van der Waals surface area contributed by atoms with Crippen LogP contribution in [0.2, 0.25) is 0 Å². The summed E-state index contributed by atoms with van der Waals surface area (Å²) in [7, 11) is 0. The number of Topliss-reactive ketones (excluding diaryl/α,β-unsaturated/α-hetero) is 1. The molecule has 4 nitrogen and oxygen atoms in total. The molecular formula is C16H21N3O. The number of carbonyl (C=O) groups excluding carboxylic acids is 1. The van der Waals surface area contributed by atoms with Gasteiger partial charge < -0.3 is 9.88 Å². The van der Waals surface area contributed by atoms with E-state index in [1.165, 1.54) is 25.7 Å². The van der Waals surface area contributed by atoms with Crippen molar-refractivity contribution in [2.24, 2.45) is 0 Å². The van der Waals surface area contributed by atoms with Crippen molar-refractivity contribution in [2.75, 3.05) is 19.6 Å². The number of nitrogens with one attached hydrogen (secondary N) is 1. The summed E-state index contributed by atoms with van der Waals surface area (Å²) in [5.41, 5.74) is 2.64. The van der Waals surface area contributed by atoms with E-state index in [1.54, 1.807) is 6.33 Å². The highest BCUT2D eigenvalue weighted by molar-refractivity contribution is 5.98. The van der Waals surface area contributed by atoms with Crippen LogP contribution in [-0.2, 0) is 0 Å². The molecule has 0 amide bonds. The van der Waals surface area contributed by atoms with Crippen LogP contribution >= 0.6 is 0 Å². The average Bonchev–Trinajstić information content (AvgIpc) is 2.78. The lowest BCUT2D eigenvalue weighted by Crippen LogP contribution is -2.27. The summed E-state index contributed by atoms with van der Waals surface area (Å²) in [6.07, 6.45) is 7.49. The number of H-pyrrole nitrogens is 1. The van der Waals surface area contributed by atoms with Gasteiger partial charge in [-0.05, 0) is 44.1 Å². The van der Waals surface area contributed by atoms with Crippen LogP contribution in [0.1, 0.15) is 42.5 Å². The van der Waals surface area contributed by atoms with Crippen molar-refractivity contribution >= 4 is 16.8 Å². The van der Waals surface area contributed by atoms with Crippen molar-refractivity contribution < 1.29 is 4.79 Å². The SMILES string of the molecule is O=C(CCN1CCCCCC1)c1ccc2nc[nH]c2c1. The first-order chi connectivity index (χ1) is 9.83. The Kier molecular flexibility index (Phi) is 4.11. The third-order valence-electron chi connectivity index (χ3n) is 4.10. The number of rotatable bonds is 4. The highest BCUT2D eigenvalue weighted by Crippen LogP contribution is 2.14. The molecule has 20 heavy (non-hydrogen) atoms. The fraction of sp³-hybridized carbons (Fsp3) is 0.500. The number of hydrogen-bond donors (Lipinski definition) is 1. The quantitative estimate of drug-likeness (QED) is 0.870. The molecule has 0 spiro atoms. The van der Waals surface area contributed by atoms with E-state index in [2.05, 4.69) is 14.9 Å². The van der Waals surface area contributed by atoms with Gasteiger partial charge in [0.25, 0.3) is 0 Å². The van der Waals surface area contributed by atoms with Crippen LogP contribution in [0.15, 0.2) is 24.5 Å². The average molecular weight is 271 g/mol. The summed E-state index contributed by atoms with van der Waals surface area (Å²) in [4.78, 5) is 21.9. The molecule has 1 N–H and O–H groups in total. The number of aromatic nitrogens is 2. The van der Waals surface area contributed by atoms with Crippen LogP contribution in [0, 0.1) is 0 Å². The lowest BCUT2D eigenvalue weighted by Gasteiger charge is -2.18. The van der Waals surface area contributed by atoms with E-state index in [0.29, 0.717) is 6.42 Å². The molecule has 0 saturated carbocycles. The Balaban J connectivity index is 1.60. The molecule has 0 atom stereocenters. The van der Waals surface area contributed by atoms with Gasteiger partial charge >= 0.3 is 0 Å².